The second-order valence-electron chi connectivity index (χ2n) is 3.39. The second kappa shape index (κ2) is 3.60. The summed E-state index contributed by atoms with van der Waals surface area (Å²) in [6, 6.07) is 12.0. The molecular weight excluding hydrogens is 164 g/mol. The number of rotatable bonds is 0. The highest BCUT2D eigenvalue weighted by Gasteiger charge is 2.50. The molecule has 2 fully saturated rings. The molecule has 13 heavy (non-hydrogen) atoms. The molecule has 0 aromatic heterocycles. The maximum Gasteiger partial charge on any atom is 0.309 e. The van der Waals surface area contributed by atoms with Gasteiger partial charge in [0.2, 0.25) is 0 Å². The Morgan fingerprint density at radius 1 is 1.08 bits per heavy atom. The largest absolute Gasteiger partial charge is 0.465 e. The molecule has 1 heterocycles. The number of cyclic esters (lactones) is 1. The normalized spacial score (nSPS) is 28.2. The highest BCUT2D eigenvalue weighted by molar-refractivity contribution is 5.78. The average Bonchev–Trinajstić information content (AvgIpc) is 2.91. The van der Waals surface area contributed by atoms with E-state index in [0.29, 0.717) is 18.4 Å². The highest BCUT2D eigenvalue weighted by Crippen LogP contribution is 2.44. The minimum atomic E-state index is 0.0324. The fourth-order valence-corrected chi connectivity index (χ4v) is 1.40. The van der Waals surface area contributed by atoms with Gasteiger partial charge < -0.3 is 4.74 Å². The molecule has 1 aromatic carbocycles. The van der Waals surface area contributed by atoms with E-state index in [2.05, 4.69) is 4.74 Å². The summed E-state index contributed by atoms with van der Waals surface area (Å²) in [7, 11) is 0. The van der Waals surface area contributed by atoms with E-state index in [9.17, 15) is 4.79 Å². The molecule has 0 spiro atoms. The molecule has 0 N–H and O–H groups in total. The molecule has 1 saturated carbocycles. The SMILES string of the molecule is O=C1OCC2C[C@H]12.c1ccccc1. The molecule has 1 unspecified atom stereocenters. The van der Waals surface area contributed by atoms with Crippen LogP contribution in [0.5, 0.6) is 0 Å². The first-order chi connectivity index (χ1) is 6.38. The number of hydrogen-bond donors (Lipinski definition) is 0. The lowest BCUT2D eigenvalue weighted by molar-refractivity contribution is -0.140. The molecule has 3 rings (SSSR count). The van der Waals surface area contributed by atoms with Crippen LogP contribution in [0.1, 0.15) is 6.42 Å². The summed E-state index contributed by atoms with van der Waals surface area (Å²) in [6.45, 7) is 0.698. The third-order valence-electron chi connectivity index (χ3n) is 2.33. The van der Waals surface area contributed by atoms with Crippen LogP contribution >= 0.6 is 0 Å². The van der Waals surface area contributed by atoms with Gasteiger partial charge >= 0.3 is 5.97 Å². The highest BCUT2D eigenvalue weighted by atomic mass is 16.5. The molecule has 1 saturated heterocycles. The molecule has 2 nitrogen and oxygen atoms in total. The first kappa shape index (κ1) is 8.30. The third kappa shape index (κ3) is 2.08. The molecule has 1 aromatic rings. The zero-order valence-electron chi connectivity index (χ0n) is 7.35. The van der Waals surface area contributed by atoms with Crippen molar-refractivity contribution in [1.82, 2.24) is 0 Å². The van der Waals surface area contributed by atoms with Crippen molar-refractivity contribution in [2.45, 2.75) is 6.42 Å². The predicted molar refractivity (Wildman–Crippen MR) is 49.0 cm³/mol. The van der Waals surface area contributed by atoms with Gasteiger partial charge in [-0.15, -0.1) is 0 Å². The third-order valence-corrected chi connectivity index (χ3v) is 2.33. The van der Waals surface area contributed by atoms with Crippen LogP contribution in [0.3, 0.4) is 0 Å². The van der Waals surface area contributed by atoms with Gasteiger partial charge in [0, 0.05) is 5.92 Å². The number of hydrogen-bond acceptors (Lipinski definition) is 2. The van der Waals surface area contributed by atoms with E-state index in [-0.39, 0.29) is 5.97 Å². The van der Waals surface area contributed by atoms with Gasteiger partial charge in [0.25, 0.3) is 0 Å². The van der Waals surface area contributed by atoms with Crippen molar-refractivity contribution < 1.29 is 9.53 Å². The minimum Gasteiger partial charge on any atom is -0.465 e. The average molecular weight is 176 g/mol. The lowest BCUT2D eigenvalue weighted by Crippen LogP contribution is -1.97. The maximum atomic E-state index is 10.4. The molecule has 0 bridgehead atoms. The fourth-order valence-electron chi connectivity index (χ4n) is 1.40. The van der Waals surface area contributed by atoms with E-state index in [0.717, 1.165) is 6.42 Å². The van der Waals surface area contributed by atoms with Crippen molar-refractivity contribution in [2.75, 3.05) is 6.61 Å². The monoisotopic (exact) mass is 176 g/mol. The number of carbonyl (C=O) groups is 1. The Hall–Kier alpha value is -1.31. The van der Waals surface area contributed by atoms with E-state index >= 15 is 0 Å². The van der Waals surface area contributed by atoms with Crippen LogP contribution in [0, 0.1) is 11.8 Å². The van der Waals surface area contributed by atoms with Crippen molar-refractivity contribution in [2.24, 2.45) is 11.8 Å². The van der Waals surface area contributed by atoms with Crippen molar-refractivity contribution in [1.29, 1.82) is 0 Å². The quantitative estimate of drug-likeness (QED) is 0.564. The summed E-state index contributed by atoms with van der Waals surface area (Å²) >= 11 is 0. The summed E-state index contributed by atoms with van der Waals surface area (Å²) in [5.41, 5.74) is 0. The van der Waals surface area contributed by atoms with E-state index in [4.69, 9.17) is 0 Å². The molecule has 2 aliphatic rings. The molecule has 0 radical (unpaired) electrons. The van der Waals surface area contributed by atoms with Crippen LogP contribution < -0.4 is 0 Å². The number of benzene rings is 1. The van der Waals surface area contributed by atoms with Gasteiger partial charge in [0.1, 0.15) is 0 Å². The standard InChI is InChI=1S/C6H6.C5H6O2/c1-2-4-6-5-3-1;6-5-4-1-3(4)2-7-5/h1-6H;3-4H,1-2H2/t;3?,4-/m.0/s1. The second-order valence-corrected chi connectivity index (χ2v) is 3.39. The van der Waals surface area contributed by atoms with Crippen molar-refractivity contribution in [3.63, 3.8) is 0 Å². The topological polar surface area (TPSA) is 26.3 Å². The van der Waals surface area contributed by atoms with Crippen LogP contribution in [-0.4, -0.2) is 12.6 Å². The molecule has 1 aliphatic heterocycles. The van der Waals surface area contributed by atoms with Crippen molar-refractivity contribution in [3.05, 3.63) is 36.4 Å². The first-order valence-electron chi connectivity index (χ1n) is 4.54. The van der Waals surface area contributed by atoms with Gasteiger partial charge in [-0.25, -0.2) is 0 Å². The van der Waals surface area contributed by atoms with Crippen LogP contribution in [0.15, 0.2) is 36.4 Å². The van der Waals surface area contributed by atoms with Crippen molar-refractivity contribution in [3.8, 4) is 0 Å². The van der Waals surface area contributed by atoms with Crippen molar-refractivity contribution >= 4 is 5.97 Å². The molecule has 2 heteroatoms. The summed E-state index contributed by atoms with van der Waals surface area (Å²) in [4.78, 5) is 10.4. The first-order valence-corrected chi connectivity index (χ1v) is 4.54. The molecule has 1 aliphatic carbocycles. The summed E-state index contributed by atoms with van der Waals surface area (Å²) in [5.74, 6) is 0.970. The zero-order valence-corrected chi connectivity index (χ0v) is 7.35. The van der Waals surface area contributed by atoms with Gasteiger partial charge in [-0.1, -0.05) is 36.4 Å². The van der Waals surface area contributed by atoms with Gasteiger partial charge in [-0.3, -0.25) is 4.79 Å². The minimum absolute atomic E-state index is 0.0324. The molecule has 68 valence electrons. The van der Waals surface area contributed by atoms with Gasteiger partial charge in [-0.2, -0.15) is 0 Å². The van der Waals surface area contributed by atoms with Gasteiger partial charge in [0.05, 0.1) is 12.5 Å². The number of ether oxygens (including phenoxy) is 1. The Bertz CT molecular complexity index is 255. The Morgan fingerprint density at radius 3 is 1.77 bits per heavy atom. The number of esters is 1. The van der Waals surface area contributed by atoms with Crippen LogP contribution in [0.4, 0.5) is 0 Å². The Kier molecular flexibility index (Phi) is 2.30. The molecular formula is C11H12O2. The van der Waals surface area contributed by atoms with E-state index in [1.54, 1.807) is 0 Å². The Morgan fingerprint density at radius 2 is 1.62 bits per heavy atom. The fraction of sp³-hybridized carbons (Fsp3) is 0.364. The van der Waals surface area contributed by atoms with E-state index in [1.807, 2.05) is 36.4 Å². The number of fused-ring (bicyclic) bond motifs is 1. The van der Waals surface area contributed by atoms with E-state index < -0.39 is 0 Å². The smallest absolute Gasteiger partial charge is 0.309 e. The van der Waals surface area contributed by atoms with Crippen LogP contribution in [-0.2, 0) is 9.53 Å². The zero-order chi connectivity index (χ0) is 9.10. The van der Waals surface area contributed by atoms with E-state index in [1.165, 1.54) is 0 Å². The summed E-state index contributed by atoms with van der Waals surface area (Å²) < 4.78 is 4.68. The van der Waals surface area contributed by atoms with Crippen LogP contribution in [0.25, 0.3) is 0 Å². The molecule has 2 atom stereocenters. The predicted octanol–water partition coefficient (Wildman–Crippen LogP) is 1.87. The number of carbonyl (C=O) groups excluding carboxylic acids is 1. The summed E-state index contributed by atoms with van der Waals surface area (Å²) in [6.07, 6.45) is 1.10. The molecule has 0 amide bonds. The maximum absolute atomic E-state index is 10.4. The summed E-state index contributed by atoms with van der Waals surface area (Å²) in [5, 5.41) is 0. The lowest BCUT2D eigenvalue weighted by atomic mass is 10.4. The Balaban J connectivity index is 0.000000102. The van der Waals surface area contributed by atoms with Gasteiger partial charge in [-0.05, 0) is 6.42 Å². The van der Waals surface area contributed by atoms with Gasteiger partial charge in [0.15, 0.2) is 0 Å². The Labute approximate surface area is 77.5 Å². The lowest BCUT2D eigenvalue weighted by Gasteiger charge is -1.89. The van der Waals surface area contributed by atoms with Crippen LogP contribution in [0.2, 0.25) is 0 Å².